The summed E-state index contributed by atoms with van der Waals surface area (Å²) in [6, 6.07) is 9.64. The van der Waals surface area contributed by atoms with Gasteiger partial charge in [0, 0.05) is 22.0 Å². The zero-order valence-electron chi connectivity index (χ0n) is 11.6. The molecule has 2 aliphatic carbocycles. The maximum atomic E-state index is 9.77. The molecule has 2 fully saturated rings. The van der Waals surface area contributed by atoms with E-state index in [2.05, 4.69) is 59.4 Å². The van der Waals surface area contributed by atoms with Gasteiger partial charge in [-0.05, 0) is 36.8 Å². The number of aliphatic hydroxyl groups is 1. The van der Waals surface area contributed by atoms with Crippen LogP contribution in [0, 0.1) is 5.41 Å². The summed E-state index contributed by atoms with van der Waals surface area (Å²) in [5, 5.41) is 13.5. The molecule has 0 aliphatic heterocycles. The van der Waals surface area contributed by atoms with Crippen molar-refractivity contribution in [1.29, 1.82) is 0 Å². The van der Waals surface area contributed by atoms with Crippen molar-refractivity contribution in [2.75, 3.05) is 0 Å². The smallest absolute Gasteiger partial charge is 0.0621 e. The van der Waals surface area contributed by atoms with Gasteiger partial charge < -0.3 is 10.4 Å². The van der Waals surface area contributed by atoms with Gasteiger partial charge in [-0.1, -0.05) is 48.0 Å². The lowest BCUT2D eigenvalue weighted by atomic mass is 9.63. The largest absolute Gasteiger partial charge is 0.392 e. The van der Waals surface area contributed by atoms with Crippen LogP contribution in [0.2, 0.25) is 0 Å². The molecule has 2 N–H and O–H groups in total. The number of hydrogen-bond donors (Lipinski definition) is 2. The number of halogens is 1. The summed E-state index contributed by atoms with van der Waals surface area (Å²) in [5.41, 5.74) is 1.48. The maximum absolute atomic E-state index is 9.77. The average molecular weight is 324 g/mol. The highest BCUT2D eigenvalue weighted by Crippen LogP contribution is 2.44. The molecule has 0 heterocycles. The fourth-order valence-corrected chi connectivity index (χ4v) is 3.89. The molecule has 1 aromatic carbocycles. The van der Waals surface area contributed by atoms with Crippen molar-refractivity contribution in [3.8, 4) is 0 Å². The lowest BCUT2D eigenvalue weighted by molar-refractivity contribution is -0.0793. The van der Waals surface area contributed by atoms with Crippen LogP contribution in [-0.2, 0) is 0 Å². The van der Waals surface area contributed by atoms with Crippen LogP contribution in [0.25, 0.3) is 0 Å². The quantitative estimate of drug-likeness (QED) is 0.893. The average Bonchev–Trinajstić information content (AvgIpc) is 2.33. The third-order valence-electron chi connectivity index (χ3n) is 5.14. The molecule has 2 unspecified atom stereocenters. The Bertz CT molecular complexity index is 468. The Balaban J connectivity index is 1.53. The Morgan fingerprint density at radius 3 is 2.47 bits per heavy atom. The summed E-state index contributed by atoms with van der Waals surface area (Å²) in [4.78, 5) is 0. The van der Waals surface area contributed by atoms with Gasteiger partial charge in [0.15, 0.2) is 0 Å². The Kier molecular flexibility index (Phi) is 3.48. The lowest BCUT2D eigenvalue weighted by Gasteiger charge is -2.53. The molecule has 2 aliphatic rings. The van der Waals surface area contributed by atoms with E-state index in [0.29, 0.717) is 18.0 Å². The van der Waals surface area contributed by atoms with Gasteiger partial charge in [-0.25, -0.2) is 0 Å². The molecule has 3 rings (SSSR count). The number of benzene rings is 1. The van der Waals surface area contributed by atoms with Gasteiger partial charge >= 0.3 is 0 Å². The predicted octanol–water partition coefficient (Wildman–Crippen LogP) is 3.44. The van der Waals surface area contributed by atoms with E-state index in [1.165, 1.54) is 22.9 Å². The highest BCUT2D eigenvalue weighted by Gasteiger charge is 2.48. The van der Waals surface area contributed by atoms with Crippen LogP contribution in [0.1, 0.15) is 44.6 Å². The monoisotopic (exact) mass is 323 g/mol. The molecule has 0 amide bonds. The van der Waals surface area contributed by atoms with E-state index in [4.69, 9.17) is 0 Å². The first-order valence-electron chi connectivity index (χ1n) is 7.17. The zero-order valence-corrected chi connectivity index (χ0v) is 13.2. The van der Waals surface area contributed by atoms with Crippen LogP contribution in [0.3, 0.4) is 0 Å². The molecule has 3 heteroatoms. The topological polar surface area (TPSA) is 32.3 Å². The molecule has 0 aromatic heterocycles. The van der Waals surface area contributed by atoms with Crippen molar-refractivity contribution in [2.45, 2.75) is 57.2 Å². The van der Waals surface area contributed by atoms with Crippen molar-refractivity contribution < 1.29 is 5.11 Å². The Labute approximate surface area is 123 Å². The van der Waals surface area contributed by atoms with Gasteiger partial charge in [0.05, 0.1) is 6.10 Å². The second kappa shape index (κ2) is 4.87. The number of nitrogens with one attached hydrogen (secondary N) is 1. The first-order valence-corrected chi connectivity index (χ1v) is 7.96. The fourth-order valence-electron chi connectivity index (χ4n) is 3.28. The highest BCUT2D eigenvalue weighted by molar-refractivity contribution is 9.10. The van der Waals surface area contributed by atoms with E-state index in [1.807, 2.05) is 0 Å². The van der Waals surface area contributed by atoms with E-state index in [0.717, 1.165) is 6.42 Å². The lowest BCUT2D eigenvalue weighted by Crippen LogP contribution is -2.63. The van der Waals surface area contributed by atoms with Gasteiger partial charge in [-0.2, -0.15) is 0 Å². The van der Waals surface area contributed by atoms with Gasteiger partial charge in [0.25, 0.3) is 0 Å². The summed E-state index contributed by atoms with van der Waals surface area (Å²) in [5.74, 6) is 0.682. The van der Waals surface area contributed by atoms with E-state index >= 15 is 0 Å². The molecule has 1 aromatic rings. The van der Waals surface area contributed by atoms with E-state index < -0.39 is 0 Å². The van der Waals surface area contributed by atoms with Gasteiger partial charge in [0.2, 0.25) is 0 Å². The molecular formula is C16H22BrNO. The molecular weight excluding hydrogens is 302 g/mol. The fraction of sp³-hybridized carbons (Fsp3) is 0.625. The predicted molar refractivity (Wildman–Crippen MR) is 81.2 cm³/mol. The first kappa shape index (κ1) is 13.6. The third kappa shape index (κ3) is 2.37. The number of aliphatic hydroxyl groups excluding tert-OH is 1. The molecule has 19 heavy (non-hydrogen) atoms. The molecule has 0 spiro atoms. The third-order valence-corrected chi connectivity index (χ3v) is 5.86. The van der Waals surface area contributed by atoms with E-state index in [9.17, 15) is 5.11 Å². The molecule has 0 saturated heterocycles. The van der Waals surface area contributed by atoms with E-state index in [-0.39, 0.29) is 11.5 Å². The number of rotatable bonds is 3. The Morgan fingerprint density at radius 2 is 1.89 bits per heavy atom. The van der Waals surface area contributed by atoms with Crippen molar-refractivity contribution in [3.63, 3.8) is 0 Å². The molecule has 0 bridgehead atoms. The minimum atomic E-state index is -0.135. The minimum absolute atomic E-state index is 0.0401. The standard InChI is InChI=1S/C16H22BrNO/c1-16(2)14(9-15(16)19)18-11-7-10(8-11)12-5-3-4-6-13(12)17/h3-6,10-11,14-15,18-19H,7-9H2,1-2H3. The summed E-state index contributed by atoms with van der Waals surface area (Å²) < 4.78 is 1.23. The zero-order chi connectivity index (χ0) is 13.6. The SMILES string of the molecule is CC1(C)C(O)CC1NC1CC(c2ccccc2Br)C1. The van der Waals surface area contributed by atoms with Crippen LogP contribution in [0.15, 0.2) is 28.7 Å². The van der Waals surface area contributed by atoms with Crippen LogP contribution in [-0.4, -0.2) is 23.3 Å². The molecule has 104 valence electrons. The summed E-state index contributed by atoms with van der Waals surface area (Å²) in [6.45, 7) is 4.31. The van der Waals surface area contributed by atoms with Crippen molar-refractivity contribution in [2.24, 2.45) is 5.41 Å². The normalized spacial score (nSPS) is 36.4. The van der Waals surface area contributed by atoms with Crippen LogP contribution in [0.4, 0.5) is 0 Å². The Morgan fingerprint density at radius 1 is 1.21 bits per heavy atom. The van der Waals surface area contributed by atoms with Crippen LogP contribution < -0.4 is 5.32 Å². The molecule has 2 saturated carbocycles. The van der Waals surface area contributed by atoms with Gasteiger partial charge in [-0.3, -0.25) is 0 Å². The summed E-state index contributed by atoms with van der Waals surface area (Å²) in [6.07, 6.45) is 3.20. The summed E-state index contributed by atoms with van der Waals surface area (Å²) >= 11 is 3.64. The number of hydrogen-bond acceptors (Lipinski definition) is 2. The van der Waals surface area contributed by atoms with Gasteiger partial charge in [-0.15, -0.1) is 0 Å². The second-order valence-electron chi connectivity index (χ2n) is 6.68. The van der Waals surface area contributed by atoms with Crippen molar-refractivity contribution >= 4 is 15.9 Å². The minimum Gasteiger partial charge on any atom is -0.392 e. The Hall–Kier alpha value is -0.380. The molecule has 0 radical (unpaired) electrons. The summed E-state index contributed by atoms with van der Waals surface area (Å²) in [7, 11) is 0. The second-order valence-corrected chi connectivity index (χ2v) is 7.53. The van der Waals surface area contributed by atoms with Crippen LogP contribution in [0.5, 0.6) is 0 Å². The van der Waals surface area contributed by atoms with E-state index in [1.54, 1.807) is 0 Å². The molecule has 2 atom stereocenters. The maximum Gasteiger partial charge on any atom is 0.0621 e. The van der Waals surface area contributed by atoms with Gasteiger partial charge in [0.1, 0.15) is 0 Å². The van der Waals surface area contributed by atoms with Crippen molar-refractivity contribution in [3.05, 3.63) is 34.3 Å². The molecule has 2 nitrogen and oxygen atoms in total. The van der Waals surface area contributed by atoms with Crippen LogP contribution >= 0.6 is 15.9 Å². The van der Waals surface area contributed by atoms with Crippen molar-refractivity contribution in [1.82, 2.24) is 5.32 Å². The highest BCUT2D eigenvalue weighted by atomic mass is 79.9. The first-order chi connectivity index (χ1) is 8.98.